The second-order valence-electron chi connectivity index (χ2n) is 4.81. The minimum atomic E-state index is -0.365. The predicted octanol–water partition coefficient (Wildman–Crippen LogP) is 2.27. The van der Waals surface area contributed by atoms with Crippen LogP contribution in [0.5, 0.6) is 0 Å². The van der Waals surface area contributed by atoms with Gasteiger partial charge in [-0.1, -0.05) is 19.3 Å². The van der Waals surface area contributed by atoms with Gasteiger partial charge in [-0.2, -0.15) is 0 Å². The van der Waals surface area contributed by atoms with E-state index in [-0.39, 0.29) is 12.1 Å². The minimum absolute atomic E-state index is 0.108. The summed E-state index contributed by atoms with van der Waals surface area (Å²) in [6, 6.07) is 0.537. The van der Waals surface area contributed by atoms with Gasteiger partial charge in [0.15, 0.2) is 0 Å². The van der Waals surface area contributed by atoms with E-state index in [0.29, 0.717) is 6.04 Å². The van der Waals surface area contributed by atoms with E-state index < -0.39 is 0 Å². The average Bonchev–Trinajstić information content (AvgIpc) is 2.84. The first kappa shape index (κ1) is 12.0. The summed E-state index contributed by atoms with van der Waals surface area (Å²) >= 11 is 1.61. The molecule has 1 heterocycles. The van der Waals surface area contributed by atoms with Crippen molar-refractivity contribution >= 4 is 11.3 Å². The molecule has 0 saturated heterocycles. The van der Waals surface area contributed by atoms with Gasteiger partial charge in [0.1, 0.15) is 5.01 Å². The number of hydrogen-bond donors (Lipinski definition) is 2. The van der Waals surface area contributed by atoms with Gasteiger partial charge in [0.25, 0.3) is 0 Å². The summed E-state index contributed by atoms with van der Waals surface area (Å²) in [7, 11) is 0. The van der Waals surface area contributed by atoms with Crippen LogP contribution in [0.1, 0.15) is 44.0 Å². The molecule has 4 heteroatoms. The molecule has 1 fully saturated rings. The number of nitrogens with zero attached hydrogens (tertiary/aromatic N) is 1. The highest BCUT2D eigenvalue weighted by molar-refractivity contribution is 7.09. The van der Waals surface area contributed by atoms with Gasteiger partial charge >= 0.3 is 0 Å². The molecule has 0 aromatic carbocycles. The van der Waals surface area contributed by atoms with E-state index in [2.05, 4.69) is 10.3 Å². The fraction of sp³-hybridized carbons (Fsp3) is 0.750. The van der Waals surface area contributed by atoms with Crippen molar-refractivity contribution in [1.82, 2.24) is 10.3 Å². The lowest BCUT2D eigenvalue weighted by Crippen LogP contribution is -2.49. The van der Waals surface area contributed by atoms with E-state index in [4.69, 9.17) is 0 Å². The van der Waals surface area contributed by atoms with Gasteiger partial charge < -0.3 is 10.4 Å². The van der Waals surface area contributed by atoms with Gasteiger partial charge in [-0.15, -0.1) is 11.3 Å². The molecule has 1 saturated carbocycles. The summed E-state index contributed by atoms with van der Waals surface area (Å²) in [5.41, 5.74) is -0.365. The van der Waals surface area contributed by atoms with Crippen LogP contribution in [-0.4, -0.2) is 22.7 Å². The van der Waals surface area contributed by atoms with Crippen molar-refractivity contribution in [2.24, 2.45) is 0 Å². The van der Waals surface area contributed by atoms with E-state index in [1.54, 1.807) is 17.5 Å². The Labute approximate surface area is 101 Å². The minimum Gasteiger partial charge on any atom is -0.394 e. The Morgan fingerprint density at radius 2 is 2.25 bits per heavy atom. The topological polar surface area (TPSA) is 45.1 Å². The van der Waals surface area contributed by atoms with Crippen molar-refractivity contribution in [3.63, 3.8) is 0 Å². The third-order valence-corrected chi connectivity index (χ3v) is 4.39. The maximum absolute atomic E-state index is 9.59. The average molecular weight is 240 g/mol. The fourth-order valence-electron chi connectivity index (χ4n) is 2.37. The van der Waals surface area contributed by atoms with Crippen molar-refractivity contribution < 1.29 is 5.11 Å². The van der Waals surface area contributed by atoms with Gasteiger partial charge in [0.2, 0.25) is 0 Å². The van der Waals surface area contributed by atoms with E-state index >= 15 is 0 Å². The molecule has 1 atom stereocenters. The molecule has 0 amide bonds. The van der Waals surface area contributed by atoms with Crippen LogP contribution < -0.4 is 5.32 Å². The molecular weight excluding hydrogens is 220 g/mol. The Hall–Kier alpha value is -0.450. The van der Waals surface area contributed by atoms with Crippen LogP contribution in [0.15, 0.2) is 11.6 Å². The van der Waals surface area contributed by atoms with Gasteiger partial charge in [-0.25, -0.2) is 4.98 Å². The zero-order valence-corrected chi connectivity index (χ0v) is 10.6. The van der Waals surface area contributed by atoms with Crippen molar-refractivity contribution in [1.29, 1.82) is 0 Å². The summed E-state index contributed by atoms with van der Waals surface area (Å²) in [6.07, 6.45) is 8.21. The monoisotopic (exact) mass is 240 g/mol. The van der Waals surface area contributed by atoms with Crippen LogP contribution >= 0.6 is 11.3 Å². The van der Waals surface area contributed by atoms with E-state index in [1.807, 2.05) is 12.3 Å². The van der Waals surface area contributed by atoms with Crippen LogP contribution in [0, 0.1) is 0 Å². The van der Waals surface area contributed by atoms with E-state index in [9.17, 15) is 5.11 Å². The number of thiazole rings is 1. The Morgan fingerprint density at radius 3 is 2.81 bits per heavy atom. The highest BCUT2D eigenvalue weighted by Crippen LogP contribution is 2.26. The SMILES string of the molecule is CC(CO)(NC1CCCCC1)c1nccs1. The summed E-state index contributed by atoms with van der Waals surface area (Å²) in [6.45, 7) is 2.15. The number of rotatable bonds is 4. The molecule has 0 radical (unpaired) electrons. The Kier molecular flexibility index (Phi) is 3.95. The van der Waals surface area contributed by atoms with Crippen LogP contribution in [0.4, 0.5) is 0 Å². The van der Waals surface area contributed by atoms with Crippen molar-refractivity contribution in [3.05, 3.63) is 16.6 Å². The zero-order valence-electron chi connectivity index (χ0n) is 9.78. The molecule has 3 nitrogen and oxygen atoms in total. The smallest absolute Gasteiger partial charge is 0.115 e. The summed E-state index contributed by atoms with van der Waals surface area (Å²) in [4.78, 5) is 4.32. The molecule has 1 aliphatic rings. The maximum atomic E-state index is 9.59. The normalized spacial score (nSPS) is 21.9. The maximum Gasteiger partial charge on any atom is 0.115 e. The van der Waals surface area contributed by atoms with Crippen LogP contribution in [-0.2, 0) is 5.54 Å². The molecule has 2 rings (SSSR count). The lowest BCUT2D eigenvalue weighted by Gasteiger charge is -2.34. The first-order valence-electron chi connectivity index (χ1n) is 6.03. The molecule has 1 aromatic rings. The molecular formula is C12H20N2OS. The Balaban J connectivity index is 2.03. The zero-order chi connectivity index (χ0) is 11.4. The highest BCUT2D eigenvalue weighted by atomic mass is 32.1. The van der Waals surface area contributed by atoms with Crippen LogP contribution in [0.2, 0.25) is 0 Å². The van der Waals surface area contributed by atoms with Crippen molar-refractivity contribution in [3.8, 4) is 0 Å². The largest absolute Gasteiger partial charge is 0.394 e. The molecule has 1 aliphatic carbocycles. The van der Waals surface area contributed by atoms with Crippen molar-refractivity contribution in [2.75, 3.05) is 6.61 Å². The number of aliphatic hydroxyl groups excluding tert-OH is 1. The van der Waals surface area contributed by atoms with Crippen LogP contribution in [0.3, 0.4) is 0 Å². The van der Waals surface area contributed by atoms with Crippen LogP contribution in [0.25, 0.3) is 0 Å². The molecule has 2 N–H and O–H groups in total. The first-order valence-corrected chi connectivity index (χ1v) is 6.91. The Bertz CT molecular complexity index is 309. The quantitative estimate of drug-likeness (QED) is 0.848. The summed E-state index contributed by atoms with van der Waals surface area (Å²) in [5.74, 6) is 0. The summed E-state index contributed by atoms with van der Waals surface area (Å²) < 4.78 is 0. The van der Waals surface area contributed by atoms with Gasteiger partial charge in [0.05, 0.1) is 12.1 Å². The van der Waals surface area contributed by atoms with Gasteiger partial charge in [-0.05, 0) is 19.8 Å². The van der Waals surface area contributed by atoms with Gasteiger partial charge in [0, 0.05) is 17.6 Å². The number of aliphatic hydroxyl groups is 1. The molecule has 0 aliphatic heterocycles. The second-order valence-corrected chi connectivity index (χ2v) is 5.70. The number of aromatic nitrogens is 1. The number of nitrogens with one attached hydrogen (secondary N) is 1. The second kappa shape index (κ2) is 5.25. The van der Waals surface area contributed by atoms with E-state index in [0.717, 1.165) is 5.01 Å². The molecule has 0 bridgehead atoms. The molecule has 1 unspecified atom stereocenters. The first-order chi connectivity index (χ1) is 7.74. The molecule has 90 valence electrons. The molecule has 16 heavy (non-hydrogen) atoms. The third kappa shape index (κ3) is 2.62. The standard InChI is InChI=1S/C12H20N2OS/c1-12(9-15,11-13-7-8-16-11)14-10-5-3-2-4-6-10/h7-8,10,14-15H,2-6,9H2,1H3. The van der Waals surface area contributed by atoms with E-state index in [1.165, 1.54) is 32.1 Å². The predicted molar refractivity (Wildman–Crippen MR) is 66.6 cm³/mol. The lowest BCUT2D eigenvalue weighted by molar-refractivity contribution is 0.150. The van der Waals surface area contributed by atoms with Gasteiger partial charge in [-0.3, -0.25) is 0 Å². The molecule has 0 spiro atoms. The summed E-state index contributed by atoms with van der Waals surface area (Å²) in [5, 5.41) is 16.1. The van der Waals surface area contributed by atoms with Crippen molar-refractivity contribution in [2.45, 2.75) is 50.6 Å². The highest BCUT2D eigenvalue weighted by Gasteiger charge is 2.31. The fourth-order valence-corrected chi connectivity index (χ4v) is 3.12. The number of hydrogen-bond acceptors (Lipinski definition) is 4. The lowest BCUT2D eigenvalue weighted by atomic mass is 9.92. The Morgan fingerprint density at radius 1 is 1.50 bits per heavy atom. The third-order valence-electron chi connectivity index (χ3n) is 3.35. The molecule has 1 aromatic heterocycles.